The van der Waals surface area contributed by atoms with Gasteiger partial charge in [-0.25, -0.2) is 14.8 Å². The second kappa shape index (κ2) is 9.25. The first kappa shape index (κ1) is 22.2. The molecule has 1 amide bonds. The Bertz CT molecular complexity index is 1280. The van der Waals surface area contributed by atoms with E-state index in [1.165, 1.54) is 11.6 Å². The third-order valence-corrected chi connectivity index (χ3v) is 6.44. The van der Waals surface area contributed by atoms with E-state index >= 15 is 0 Å². The number of aromatic nitrogens is 4. The van der Waals surface area contributed by atoms with Crippen molar-refractivity contribution in [2.24, 2.45) is 14.1 Å². The van der Waals surface area contributed by atoms with Crippen molar-refractivity contribution in [2.45, 2.75) is 30.9 Å². The van der Waals surface area contributed by atoms with Gasteiger partial charge in [0.2, 0.25) is 5.91 Å². The Morgan fingerprint density at radius 3 is 2.62 bits per heavy atom. The fourth-order valence-electron chi connectivity index (χ4n) is 3.58. The summed E-state index contributed by atoms with van der Waals surface area (Å²) >= 11 is 1.16. The average molecular weight is 456 g/mol. The maximum absolute atomic E-state index is 12.9. The monoisotopic (exact) mass is 455 g/mol. The molecule has 1 aromatic carbocycles. The van der Waals surface area contributed by atoms with Crippen LogP contribution >= 0.6 is 11.8 Å². The maximum Gasteiger partial charge on any atom is 0.332 e. The molecule has 168 valence electrons. The van der Waals surface area contributed by atoms with Crippen molar-refractivity contribution in [1.29, 1.82) is 0 Å². The summed E-state index contributed by atoms with van der Waals surface area (Å²) in [5.74, 6) is 0.303. The number of carbonyl (C=O) groups excluding carboxylic acids is 1. The zero-order valence-electron chi connectivity index (χ0n) is 18.3. The molecule has 1 N–H and O–H groups in total. The minimum absolute atomic E-state index is 0.0544. The molecule has 0 bridgehead atoms. The summed E-state index contributed by atoms with van der Waals surface area (Å²) in [5.41, 5.74) is 1.14. The minimum Gasteiger partial charge on any atom is -0.376 e. The molecule has 2 aromatic heterocycles. The van der Waals surface area contributed by atoms with Gasteiger partial charge >= 0.3 is 5.69 Å². The Balaban J connectivity index is 1.70. The van der Waals surface area contributed by atoms with Crippen molar-refractivity contribution in [3.05, 3.63) is 50.7 Å². The lowest BCUT2D eigenvalue weighted by Gasteiger charge is -2.13. The first-order valence-corrected chi connectivity index (χ1v) is 11.4. The third-order valence-electron chi connectivity index (χ3n) is 5.47. The van der Waals surface area contributed by atoms with Gasteiger partial charge in [0.05, 0.1) is 11.9 Å². The van der Waals surface area contributed by atoms with Gasteiger partial charge in [-0.2, -0.15) is 0 Å². The summed E-state index contributed by atoms with van der Waals surface area (Å²) in [6.07, 6.45) is 2.00. The van der Waals surface area contributed by atoms with Crippen LogP contribution in [0.1, 0.15) is 18.4 Å². The number of nitrogens with one attached hydrogen (secondary N) is 1. The highest BCUT2D eigenvalue weighted by atomic mass is 32.2. The van der Waals surface area contributed by atoms with Gasteiger partial charge < -0.3 is 10.1 Å². The number of amides is 1. The minimum atomic E-state index is -0.485. The lowest BCUT2D eigenvalue weighted by Crippen LogP contribution is -2.38. The first-order chi connectivity index (χ1) is 15.3. The number of rotatable bonds is 6. The normalized spacial score (nSPS) is 15.9. The molecule has 0 radical (unpaired) electrons. The van der Waals surface area contributed by atoms with Crippen LogP contribution in [0.5, 0.6) is 0 Å². The van der Waals surface area contributed by atoms with Crippen LogP contribution < -0.4 is 16.6 Å². The van der Waals surface area contributed by atoms with Crippen molar-refractivity contribution >= 4 is 28.7 Å². The predicted molar refractivity (Wildman–Crippen MR) is 123 cm³/mol. The highest BCUT2D eigenvalue weighted by molar-refractivity contribution is 8.00. The number of fused-ring (bicyclic) bond motifs is 1. The van der Waals surface area contributed by atoms with Gasteiger partial charge in [-0.1, -0.05) is 41.6 Å². The SMILES string of the molecule is Cc1ccc(-c2nc(SCC(=O)NC[C@H]3CCCO3)c3c(=O)n(C)c(=O)n(C)c3n2)cc1. The zero-order valence-corrected chi connectivity index (χ0v) is 19.1. The fraction of sp³-hybridized carbons (Fsp3) is 0.409. The molecule has 9 nitrogen and oxygen atoms in total. The highest BCUT2D eigenvalue weighted by Gasteiger charge is 2.20. The van der Waals surface area contributed by atoms with Crippen LogP contribution in [0.3, 0.4) is 0 Å². The lowest BCUT2D eigenvalue weighted by molar-refractivity contribution is -0.119. The number of aryl methyl sites for hydroxylation is 2. The Morgan fingerprint density at radius 1 is 1.19 bits per heavy atom. The van der Waals surface area contributed by atoms with E-state index in [9.17, 15) is 14.4 Å². The summed E-state index contributed by atoms with van der Waals surface area (Å²) in [6.45, 7) is 3.18. The maximum atomic E-state index is 12.9. The van der Waals surface area contributed by atoms with E-state index in [1.54, 1.807) is 7.05 Å². The molecular weight excluding hydrogens is 430 g/mol. The number of benzene rings is 1. The smallest absolute Gasteiger partial charge is 0.332 e. The molecule has 1 aliphatic heterocycles. The molecular formula is C22H25N5O4S. The Morgan fingerprint density at radius 2 is 1.94 bits per heavy atom. The van der Waals surface area contributed by atoms with Crippen molar-refractivity contribution < 1.29 is 9.53 Å². The van der Waals surface area contributed by atoms with Crippen molar-refractivity contribution in [2.75, 3.05) is 18.9 Å². The molecule has 3 aromatic rings. The Kier molecular flexibility index (Phi) is 6.43. The summed E-state index contributed by atoms with van der Waals surface area (Å²) in [7, 11) is 2.99. The van der Waals surface area contributed by atoms with Gasteiger partial charge in [0.1, 0.15) is 10.4 Å². The standard InChI is InChI=1S/C22H25N5O4S/c1-13-6-8-14(9-7-13)18-24-19-17(21(29)27(3)22(30)26(19)2)20(25-18)32-12-16(28)23-11-15-5-4-10-31-15/h6-9,15H,4-5,10-12H2,1-3H3,(H,23,28)/t15-/m1/s1. The number of thioether (sulfide) groups is 1. The number of carbonyl (C=O) groups is 1. The van der Waals surface area contributed by atoms with E-state index in [0.29, 0.717) is 17.4 Å². The van der Waals surface area contributed by atoms with Crippen LogP contribution in [0.2, 0.25) is 0 Å². The summed E-state index contributed by atoms with van der Waals surface area (Å²) in [4.78, 5) is 46.9. The molecule has 32 heavy (non-hydrogen) atoms. The fourth-order valence-corrected chi connectivity index (χ4v) is 4.43. The van der Waals surface area contributed by atoms with Crippen LogP contribution in [-0.4, -0.2) is 50.0 Å². The second-order valence-electron chi connectivity index (χ2n) is 7.85. The van der Waals surface area contributed by atoms with E-state index in [1.807, 2.05) is 31.2 Å². The molecule has 0 unspecified atom stereocenters. The average Bonchev–Trinajstić information content (AvgIpc) is 3.32. The van der Waals surface area contributed by atoms with Gasteiger partial charge in [-0.3, -0.25) is 18.7 Å². The molecule has 1 fully saturated rings. The van der Waals surface area contributed by atoms with Crippen molar-refractivity contribution in [3.8, 4) is 11.4 Å². The molecule has 1 saturated heterocycles. The van der Waals surface area contributed by atoms with E-state index in [-0.39, 0.29) is 28.8 Å². The number of hydrogen-bond donors (Lipinski definition) is 1. The van der Waals surface area contributed by atoms with Gasteiger partial charge in [0.15, 0.2) is 11.5 Å². The van der Waals surface area contributed by atoms with Gasteiger partial charge in [-0.15, -0.1) is 0 Å². The first-order valence-electron chi connectivity index (χ1n) is 10.4. The quantitative estimate of drug-likeness (QED) is 0.442. The molecule has 0 saturated carbocycles. The van der Waals surface area contributed by atoms with E-state index in [0.717, 1.165) is 46.9 Å². The zero-order chi connectivity index (χ0) is 22.8. The number of hydrogen-bond acceptors (Lipinski definition) is 7. The highest BCUT2D eigenvalue weighted by Crippen LogP contribution is 2.26. The van der Waals surface area contributed by atoms with Gasteiger partial charge in [0, 0.05) is 32.8 Å². The largest absolute Gasteiger partial charge is 0.376 e. The lowest BCUT2D eigenvalue weighted by atomic mass is 10.1. The predicted octanol–water partition coefficient (Wildman–Crippen LogP) is 1.39. The van der Waals surface area contributed by atoms with Gasteiger partial charge in [0.25, 0.3) is 5.56 Å². The van der Waals surface area contributed by atoms with Gasteiger partial charge in [-0.05, 0) is 19.8 Å². The molecule has 4 rings (SSSR count). The van der Waals surface area contributed by atoms with E-state index < -0.39 is 11.2 Å². The van der Waals surface area contributed by atoms with Crippen LogP contribution in [-0.2, 0) is 23.6 Å². The molecule has 1 aliphatic rings. The van der Waals surface area contributed by atoms with Crippen LogP contribution in [0.4, 0.5) is 0 Å². The number of ether oxygens (including phenoxy) is 1. The van der Waals surface area contributed by atoms with Crippen LogP contribution in [0.15, 0.2) is 38.9 Å². The second-order valence-corrected chi connectivity index (χ2v) is 8.81. The molecule has 1 atom stereocenters. The molecule has 10 heteroatoms. The summed E-state index contributed by atoms with van der Waals surface area (Å²) < 4.78 is 7.89. The van der Waals surface area contributed by atoms with Crippen molar-refractivity contribution in [3.63, 3.8) is 0 Å². The molecule has 0 aliphatic carbocycles. The molecule has 0 spiro atoms. The molecule has 3 heterocycles. The van der Waals surface area contributed by atoms with Crippen molar-refractivity contribution in [1.82, 2.24) is 24.4 Å². The summed E-state index contributed by atoms with van der Waals surface area (Å²) in [6, 6.07) is 7.66. The Labute approximate surface area is 188 Å². The van der Waals surface area contributed by atoms with E-state index in [2.05, 4.69) is 15.3 Å². The summed E-state index contributed by atoms with van der Waals surface area (Å²) in [5, 5.41) is 3.47. The Hall–Kier alpha value is -2.98. The van der Waals surface area contributed by atoms with Crippen LogP contribution in [0.25, 0.3) is 22.4 Å². The van der Waals surface area contributed by atoms with Crippen LogP contribution in [0, 0.1) is 6.92 Å². The van der Waals surface area contributed by atoms with E-state index in [4.69, 9.17) is 4.74 Å². The number of nitrogens with zero attached hydrogens (tertiary/aromatic N) is 4. The third kappa shape index (κ3) is 4.46. The topological polar surface area (TPSA) is 108 Å².